The molecule has 1 heterocycles. The first-order valence-corrected chi connectivity index (χ1v) is 11.2. The Labute approximate surface area is 193 Å². The molecule has 1 aliphatic rings. The number of nitrogens with one attached hydrogen (secondary N) is 2. The van der Waals surface area contributed by atoms with Crippen molar-refractivity contribution in [3.05, 3.63) is 30.3 Å². The Morgan fingerprint density at radius 2 is 1.75 bits per heavy atom. The molecule has 1 saturated heterocycles. The van der Waals surface area contributed by atoms with Crippen LogP contribution in [0.1, 0.15) is 27.7 Å². The molecule has 0 saturated carbocycles. The van der Waals surface area contributed by atoms with Crippen molar-refractivity contribution in [1.29, 1.82) is 0 Å². The highest BCUT2D eigenvalue weighted by molar-refractivity contribution is 14.0. The average Bonchev–Trinajstić information content (AvgIpc) is 2.70. The molecular formula is C21H38IN5S. The maximum Gasteiger partial charge on any atom is 0.191 e. The van der Waals surface area contributed by atoms with Crippen molar-refractivity contribution < 1.29 is 0 Å². The lowest BCUT2D eigenvalue weighted by atomic mass is 10.2. The lowest BCUT2D eigenvalue weighted by Crippen LogP contribution is -2.50. The lowest BCUT2D eigenvalue weighted by molar-refractivity contribution is 0.109. The third kappa shape index (κ3) is 9.33. The zero-order valence-electron chi connectivity index (χ0n) is 17.9. The van der Waals surface area contributed by atoms with Gasteiger partial charge in [0.1, 0.15) is 0 Å². The van der Waals surface area contributed by atoms with Crippen molar-refractivity contribution in [1.82, 2.24) is 20.4 Å². The van der Waals surface area contributed by atoms with Crippen molar-refractivity contribution in [2.75, 3.05) is 52.4 Å². The van der Waals surface area contributed by atoms with Crippen LogP contribution in [0.25, 0.3) is 0 Å². The number of aliphatic imine (C=N–C) groups is 1. The van der Waals surface area contributed by atoms with Crippen LogP contribution >= 0.6 is 35.7 Å². The van der Waals surface area contributed by atoms with E-state index in [2.05, 4.69) is 78.5 Å². The van der Waals surface area contributed by atoms with Gasteiger partial charge < -0.3 is 15.5 Å². The Bertz CT molecular complexity index is 549. The van der Waals surface area contributed by atoms with Crippen molar-refractivity contribution in [3.8, 4) is 0 Å². The number of hydrogen-bond acceptors (Lipinski definition) is 4. The molecule has 2 rings (SSSR count). The maximum absolute atomic E-state index is 4.84. The minimum absolute atomic E-state index is 0. The van der Waals surface area contributed by atoms with E-state index >= 15 is 0 Å². The topological polar surface area (TPSA) is 42.9 Å². The molecule has 2 unspecified atom stereocenters. The summed E-state index contributed by atoms with van der Waals surface area (Å²) < 4.78 is 0. The molecule has 5 nitrogen and oxygen atoms in total. The van der Waals surface area contributed by atoms with Gasteiger partial charge in [0.2, 0.25) is 0 Å². The summed E-state index contributed by atoms with van der Waals surface area (Å²) in [6.07, 6.45) is 0. The van der Waals surface area contributed by atoms with Crippen LogP contribution in [0.2, 0.25) is 0 Å². The summed E-state index contributed by atoms with van der Waals surface area (Å²) >= 11 is 1.89. The third-order valence-electron chi connectivity index (χ3n) is 4.97. The maximum atomic E-state index is 4.84. The van der Waals surface area contributed by atoms with Crippen LogP contribution in [-0.4, -0.2) is 79.4 Å². The van der Waals surface area contributed by atoms with Crippen molar-refractivity contribution in [3.63, 3.8) is 0 Å². The molecule has 2 atom stereocenters. The van der Waals surface area contributed by atoms with Crippen LogP contribution in [0.3, 0.4) is 0 Å². The van der Waals surface area contributed by atoms with Gasteiger partial charge in [-0.1, -0.05) is 32.0 Å². The summed E-state index contributed by atoms with van der Waals surface area (Å²) in [7, 11) is 0. The Kier molecular flexibility index (Phi) is 13.2. The number of likely N-dealkylation sites (N-methyl/N-ethyl adjacent to an activating group) is 1. The smallest absolute Gasteiger partial charge is 0.191 e. The second-order valence-electron chi connectivity index (χ2n) is 7.16. The van der Waals surface area contributed by atoms with Crippen LogP contribution < -0.4 is 10.6 Å². The van der Waals surface area contributed by atoms with Crippen LogP contribution in [0.5, 0.6) is 0 Å². The molecule has 7 heteroatoms. The SMILES string of the molecule is CCNC(=NCC(C)N1CCN(CC)CC1)NCC(C)Sc1ccccc1.I. The Hall–Kier alpha value is -0.510. The molecule has 1 aromatic rings. The highest BCUT2D eigenvalue weighted by Gasteiger charge is 2.19. The first-order valence-electron chi connectivity index (χ1n) is 10.3. The van der Waals surface area contributed by atoms with Gasteiger partial charge in [0.05, 0.1) is 6.54 Å². The van der Waals surface area contributed by atoms with Gasteiger partial charge in [-0.15, -0.1) is 35.7 Å². The number of halogens is 1. The highest BCUT2D eigenvalue weighted by atomic mass is 127. The first-order chi connectivity index (χ1) is 13.1. The Morgan fingerprint density at radius 1 is 1.07 bits per heavy atom. The fraction of sp³-hybridized carbons (Fsp3) is 0.667. The zero-order chi connectivity index (χ0) is 19.5. The number of guanidine groups is 1. The first kappa shape index (κ1) is 25.5. The van der Waals surface area contributed by atoms with E-state index in [0.29, 0.717) is 11.3 Å². The van der Waals surface area contributed by atoms with Crippen LogP contribution in [0.4, 0.5) is 0 Å². The molecule has 1 fully saturated rings. The average molecular weight is 520 g/mol. The lowest BCUT2D eigenvalue weighted by Gasteiger charge is -2.37. The number of benzene rings is 1. The molecular weight excluding hydrogens is 481 g/mol. The molecule has 2 N–H and O–H groups in total. The van der Waals surface area contributed by atoms with Crippen LogP contribution in [0, 0.1) is 0 Å². The van der Waals surface area contributed by atoms with Gasteiger partial charge >= 0.3 is 0 Å². The van der Waals surface area contributed by atoms with Gasteiger partial charge in [-0.05, 0) is 32.5 Å². The molecule has 0 spiro atoms. The van der Waals surface area contributed by atoms with Crippen LogP contribution in [0.15, 0.2) is 40.2 Å². The fourth-order valence-corrected chi connectivity index (χ4v) is 4.16. The third-order valence-corrected chi connectivity index (χ3v) is 6.09. The molecule has 0 bridgehead atoms. The van der Waals surface area contributed by atoms with E-state index in [9.17, 15) is 0 Å². The largest absolute Gasteiger partial charge is 0.357 e. The molecule has 28 heavy (non-hydrogen) atoms. The monoisotopic (exact) mass is 519 g/mol. The molecule has 0 aliphatic carbocycles. The van der Waals surface area contributed by atoms with E-state index in [4.69, 9.17) is 4.99 Å². The molecule has 1 aliphatic heterocycles. The predicted molar refractivity (Wildman–Crippen MR) is 134 cm³/mol. The number of piperazine rings is 1. The predicted octanol–water partition coefficient (Wildman–Crippen LogP) is 3.37. The molecule has 0 amide bonds. The van der Waals surface area contributed by atoms with Crippen molar-refractivity contribution >= 4 is 41.7 Å². The Balaban J connectivity index is 0.00000392. The van der Waals surface area contributed by atoms with Crippen LogP contribution in [-0.2, 0) is 0 Å². The molecule has 1 aromatic carbocycles. The second kappa shape index (κ2) is 14.5. The second-order valence-corrected chi connectivity index (χ2v) is 8.67. The summed E-state index contributed by atoms with van der Waals surface area (Å²) in [6, 6.07) is 11.1. The zero-order valence-corrected chi connectivity index (χ0v) is 21.0. The quantitative estimate of drug-likeness (QED) is 0.227. The van der Waals surface area contributed by atoms with E-state index in [1.54, 1.807) is 0 Å². The number of rotatable bonds is 9. The van der Waals surface area contributed by atoms with Gasteiger partial charge in [-0.25, -0.2) is 0 Å². The van der Waals surface area contributed by atoms with Gasteiger partial charge in [-0.2, -0.15) is 0 Å². The molecule has 160 valence electrons. The standard InChI is InChI=1S/C21H37N5S.HI/c1-5-22-21(24-17-19(4)27-20-10-8-7-9-11-20)23-16-18(3)26-14-12-25(6-2)13-15-26;/h7-11,18-19H,5-6,12-17H2,1-4H3,(H2,22,23,24);1H. The van der Waals surface area contributed by atoms with Crippen molar-refractivity contribution in [2.45, 2.75) is 43.9 Å². The van der Waals surface area contributed by atoms with Gasteiger partial charge in [0.15, 0.2) is 5.96 Å². The van der Waals surface area contributed by atoms with Gasteiger partial charge in [0.25, 0.3) is 0 Å². The summed E-state index contributed by atoms with van der Waals surface area (Å²) in [4.78, 5) is 11.2. The molecule has 0 aromatic heterocycles. The summed E-state index contributed by atoms with van der Waals surface area (Å²) in [5.41, 5.74) is 0. The number of nitrogens with zero attached hydrogens (tertiary/aromatic N) is 3. The number of thioether (sulfide) groups is 1. The summed E-state index contributed by atoms with van der Waals surface area (Å²) in [5, 5.41) is 7.37. The van der Waals surface area contributed by atoms with Crippen molar-refractivity contribution in [2.24, 2.45) is 4.99 Å². The normalized spacial score (nSPS) is 18.2. The van der Waals surface area contributed by atoms with E-state index in [-0.39, 0.29) is 24.0 Å². The minimum atomic E-state index is 0. The number of hydrogen-bond donors (Lipinski definition) is 2. The highest BCUT2D eigenvalue weighted by Crippen LogP contribution is 2.21. The van der Waals surface area contributed by atoms with E-state index in [0.717, 1.165) is 45.2 Å². The van der Waals surface area contributed by atoms with Gasteiger partial charge in [-0.3, -0.25) is 9.89 Å². The Morgan fingerprint density at radius 3 is 2.36 bits per heavy atom. The fourth-order valence-electron chi connectivity index (χ4n) is 3.21. The summed E-state index contributed by atoms with van der Waals surface area (Å²) in [6.45, 7) is 17.3. The van der Waals surface area contributed by atoms with E-state index in [1.807, 2.05) is 11.8 Å². The van der Waals surface area contributed by atoms with E-state index in [1.165, 1.54) is 18.0 Å². The van der Waals surface area contributed by atoms with Gasteiger partial charge in [0, 0.05) is 55.5 Å². The summed E-state index contributed by atoms with van der Waals surface area (Å²) in [5.74, 6) is 0.928. The van der Waals surface area contributed by atoms with E-state index < -0.39 is 0 Å². The molecule has 0 radical (unpaired) electrons. The minimum Gasteiger partial charge on any atom is -0.357 e.